The molecule has 0 bridgehead atoms. The summed E-state index contributed by atoms with van der Waals surface area (Å²) in [7, 11) is 0. The van der Waals surface area contributed by atoms with Crippen molar-refractivity contribution in [2.45, 2.75) is 12.5 Å². The van der Waals surface area contributed by atoms with E-state index in [-0.39, 0.29) is 11.7 Å². The molecule has 3 N–H and O–H groups in total. The van der Waals surface area contributed by atoms with E-state index in [4.69, 9.17) is 15.7 Å². The zero-order chi connectivity index (χ0) is 49.3. The molecule has 0 fully saturated rings. The van der Waals surface area contributed by atoms with Crippen LogP contribution in [0.1, 0.15) is 28.6 Å². The van der Waals surface area contributed by atoms with E-state index in [2.05, 4.69) is 71.3 Å². The highest BCUT2D eigenvalue weighted by atomic mass is 16.6. The Morgan fingerprint density at radius 1 is 0.556 bits per heavy atom. The molecule has 0 spiro atoms. The molecule has 350 valence electrons. The maximum absolute atomic E-state index is 10.0. The first-order chi connectivity index (χ1) is 35.4. The van der Waals surface area contributed by atoms with Crippen molar-refractivity contribution in [3.63, 3.8) is 0 Å². The van der Waals surface area contributed by atoms with E-state index in [1.165, 1.54) is 23.3 Å². The van der Waals surface area contributed by atoms with E-state index in [1.54, 1.807) is 30.6 Å². The summed E-state index contributed by atoms with van der Waals surface area (Å²) in [5.74, 6) is 1.18. The third-order valence-corrected chi connectivity index (χ3v) is 11.3. The molecule has 10 aromatic rings. The Morgan fingerprint density at radius 3 is 1.82 bits per heavy atom. The number of aliphatic imine (C=N–C) groups is 2. The maximum atomic E-state index is 10.0. The van der Waals surface area contributed by atoms with Gasteiger partial charge in [-0.25, -0.2) is 15.0 Å². The quantitative estimate of drug-likeness (QED) is 0.0961. The summed E-state index contributed by atoms with van der Waals surface area (Å²) < 4.78 is 0. The number of nitrogens with zero attached hydrogens (tertiary/aromatic N) is 9. The molecule has 13 rings (SSSR count). The number of nitrogens with one attached hydrogen (secondary N) is 1. The van der Waals surface area contributed by atoms with Gasteiger partial charge in [0.15, 0.2) is 5.82 Å². The zero-order valence-corrected chi connectivity index (χ0v) is 38.9. The molecule has 2 atom stereocenters. The Hall–Kier alpha value is -9.88. The molecular weight excluding hydrogens is 895 g/mol. The first kappa shape index (κ1) is 47.2. The number of aromatic nitrogens is 7. The minimum atomic E-state index is -0.417. The van der Waals surface area contributed by atoms with Crippen molar-refractivity contribution in [3.05, 3.63) is 264 Å². The van der Waals surface area contributed by atoms with Crippen LogP contribution in [0.4, 0.5) is 17.1 Å². The number of fused-ring (bicyclic) bond motifs is 5. The van der Waals surface area contributed by atoms with Crippen molar-refractivity contribution in [3.8, 4) is 34.3 Å². The van der Waals surface area contributed by atoms with Crippen LogP contribution in [0.25, 0.3) is 51.4 Å². The Balaban J connectivity index is 0.000000118. The normalized spacial score (nSPS) is 14.1. The highest BCUT2D eigenvalue weighted by Gasteiger charge is 2.25. The van der Waals surface area contributed by atoms with Gasteiger partial charge < -0.3 is 10.7 Å². The largest absolute Gasteiger partial charge is 0.399 e. The molecule has 13 nitrogen and oxygen atoms in total. The van der Waals surface area contributed by atoms with Gasteiger partial charge in [0.05, 0.1) is 61.5 Å². The van der Waals surface area contributed by atoms with Gasteiger partial charge in [0, 0.05) is 55.0 Å². The van der Waals surface area contributed by atoms with Crippen LogP contribution in [0.5, 0.6) is 0 Å². The monoisotopic (exact) mass is 941 g/mol. The number of pyridine rings is 5. The number of hydrogen-bond donors (Lipinski definition) is 2. The lowest BCUT2D eigenvalue weighted by atomic mass is 9.87. The highest BCUT2D eigenvalue weighted by Crippen LogP contribution is 2.35. The summed E-state index contributed by atoms with van der Waals surface area (Å²) >= 11 is 0. The molecule has 6 aromatic heterocycles. The smallest absolute Gasteiger partial charge is 0.269 e. The minimum absolute atomic E-state index is 0.137. The number of nitro groups is 1. The van der Waals surface area contributed by atoms with E-state index in [9.17, 15) is 10.1 Å². The molecule has 4 aromatic carbocycles. The Morgan fingerprint density at radius 2 is 1.17 bits per heavy atom. The number of benzene rings is 4. The molecule has 0 amide bonds. The number of non-ortho nitro benzene ring substituents is 1. The van der Waals surface area contributed by atoms with Gasteiger partial charge in [0.1, 0.15) is 11.7 Å². The van der Waals surface area contributed by atoms with Crippen LogP contribution in [0.15, 0.2) is 241 Å². The van der Waals surface area contributed by atoms with Crippen molar-refractivity contribution in [1.82, 2.24) is 34.9 Å². The molecule has 8 heterocycles. The Kier molecular flexibility index (Phi) is 15.4. The summed E-state index contributed by atoms with van der Waals surface area (Å²) in [6.07, 6.45) is 16.6. The van der Waals surface area contributed by atoms with Crippen LogP contribution in [-0.2, 0) is 6.42 Å². The lowest BCUT2D eigenvalue weighted by Crippen LogP contribution is -2.15. The van der Waals surface area contributed by atoms with Crippen LogP contribution in [-0.4, -0.2) is 51.7 Å². The molecule has 1 aliphatic carbocycles. The van der Waals surface area contributed by atoms with Gasteiger partial charge in [-0.15, -0.1) is 0 Å². The predicted octanol–water partition coefficient (Wildman–Crippen LogP) is 12.8. The summed E-state index contributed by atoms with van der Waals surface area (Å²) in [6, 6.07) is 61.4. The van der Waals surface area contributed by atoms with Crippen LogP contribution in [0, 0.1) is 16.0 Å². The van der Waals surface area contributed by atoms with Crippen molar-refractivity contribution < 1.29 is 4.92 Å². The third kappa shape index (κ3) is 12.2. The lowest BCUT2D eigenvalue weighted by Gasteiger charge is -2.25. The molecule has 0 saturated heterocycles. The molecule has 13 heteroatoms. The number of aromatic amines is 1. The summed E-state index contributed by atoms with van der Waals surface area (Å²) in [5.41, 5.74) is 19.1. The Labute approximate surface area is 416 Å². The standard InChI is InChI=1S/C20H14N4.C15H11N3.C12H10N2.C6H5NO2.C6H7N/c1-2-7-14-13(6-1)12-19(21-14)17-10-5-11-18(22-17)20-23-15-8-3-4-9-16(15)24-20;1-3-10-16-12(6-1)14-8-5-9-15(18-14)13-7-2-4-11-17-13;1-3-9-5-6-10-4-2-8-14-12(10)11(9)13-7-1;8-7(9)6-4-2-1-3-5-6;7-6-4-2-1-3-5-6/h1-11H,12H2,(H,23,24);1-11H;1-9,11H;1-5H;1-5H,7H2. The molecule has 3 aliphatic rings. The van der Waals surface area contributed by atoms with E-state index in [0.717, 1.165) is 80.2 Å². The fourth-order valence-electron chi connectivity index (χ4n) is 7.82. The van der Waals surface area contributed by atoms with Crippen LogP contribution >= 0.6 is 0 Å². The number of para-hydroxylation sites is 5. The molecule has 0 radical (unpaired) electrons. The van der Waals surface area contributed by atoms with Crippen molar-refractivity contribution in [2.24, 2.45) is 15.9 Å². The highest BCUT2D eigenvalue weighted by molar-refractivity contribution is 6.05. The number of nitro benzene ring substituents is 1. The van der Waals surface area contributed by atoms with E-state index < -0.39 is 4.92 Å². The molecule has 2 unspecified atom stereocenters. The predicted molar refractivity (Wildman–Crippen MR) is 287 cm³/mol. The number of H-pyrrole nitrogens is 1. The molecular formula is C59H47N11O2. The van der Waals surface area contributed by atoms with Gasteiger partial charge in [-0.2, -0.15) is 0 Å². The second-order valence-electron chi connectivity index (χ2n) is 16.3. The van der Waals surface area contributed by atoms with Crippen LogP contribution in [0.3, 0.4) is 0 Å². The van der Waals surface area contributed by atoms with Gasteiger partial charge in [0.2, 0.25) is 0 Å². The topological polar surface area (TPSA) is 187 Å². The van der Waals surface area contributed by atoms with Crippen LogP contribution in [0.2, 0.25) is 0 Å². The number of dihydropyridines is 1. The lowest BCUT2D eigenvalue weighted by molar-refractivity contribution is -0.384. The summed E-state index contributed by atoms with van der Waals surface area (Å²) in [4.78, 5) is 49.1. The fourth-order valence-corrected chi connectivity index (χ4v) is 7.82. The number of nitrogens with two attached hydrogens (primary N) is 1. The number of nitrogen functional groups attached to an aromatic ring is 1. The number of hydrogen-bond acceptors (Lipinski definition) is 11. The average Bonchev–Trinajstić information content (AvgIpc) is 4.11. The zero-order valence-electron chi connectivity index (χ0n) is 38.9. The van der Waals surface area contributed by atoms with Crippen LogP contribution < -0.4 is 5.73 Å². The minimum Gasteiger partial charge on any atom is -0.399 e. The fraction of sp³-hybridized carbons (Fsp3) is 0.0508. The average molecular weight is 942 g/mol. The van der Waals surface area contributed by atoms with Gasteiger partial charge in [-0.05, 0) is 102 Å². The second-order valence-corrected chi connectivity index (χ2v) is 16.3. The molecule has 0 saturated carbocycles. The summed E-state index contributed by atoms with van der Waals surface area (Å²) in [5, 5.41) is 10.0. The first-order valence-corrected chi connectivity index (χ1v) is 23.2. The third-order valence-electron chi connectivity index (χ3n) is 11.3. The van der Waals surface area contributed by atoms with E-state index >= 15 is 0 Å². The molecule has 72 heavy (non-hydrogen) atoms. The van der Waals surface area contributed by atoms with E-state index in [1.807, 2.05) is 164 Å². The van der Waals surface area contributed by atoms with Crippen molar-refractivity contribution in [2.75, 3.05) is 5.73 Å². The number of allylic oxidation sites excluding steroid dienone is 1. The van der Waals surface area contributed by atoms with Crippen molar-refractivity contribution in [1.29, 1.82) is 0 Å². The van der Waals surface area contributed by atoms with Gasteiger partial charge in [-0.1, -0.05) is 115 Å². The SMILES string of the molecule is C1=CC2C=Cc3cccnc3C2N=C1.Nc1ccccc1.O=[N+]([O-])c1ccccc1.c1cc(C2=Nc3ccccc3C2)nc(-c2nc3ccccc3[nH]2)c1.c1ccc(-c2cccc(-c3ccccn3)n2)nc1. The van der Waals surface area contributed by atoms with Gasteiger partial charge in [-0.3, -0.25) is 35.1 Å². The van der Waals surface area contributed by atoms with Crippen molar-refractivity contribution >= 4 is 46.1 Å². The number of anilines is 1. The first-order valence-electron chi connectivity index (χ1n) is 23.2. The maximum Gasteiger partial charge on any atom is 0.269 e. The summed E-state index contributed by atoms with van der Waals surface area (Å²) in [6.45, 7) is 0. The van der Waals surface area contributed by atoms with E-state index in [0.29, 0.717) is 5.92 Å². The second kappa shape index (κ2) is 23.4. The van der Waals surface area contributed by atoms with Gasteiger partial charge >= 0.3 is 0 Å². The Bertz CT molecular complexity index is 3420. The number of imidazole rings is 1. The molecule has 2 aliphatic heterocycles. The number of rotatable bonds is 5. The van der Waals surface area contributed by atoms with Gasteiger partial charge in [0.25, 0.3) is 5.69 Å².